The van der Waals surface area contributed by atoms with Crippen molar-refractivity contribution in [2.24, 2.45) is 11.3 Å². The molecule has 7 heteroatoms. The van der Waals surface area contributed by atoms with Crippen LogP contribution in [-0.4, -0.2) is 63.8 Å². The molecule has 0 atom stereocenters. The lowest BCUT2D eigenvalue weighted by Crippen LogP contribution is -2.51. The van der Waals surface area contributed by atoms with Gasteiger partial charge in [-0.2, -0.15) is 0 Å². The fourth-order valence-electron chi connectivity index (χ4n) is 3.42. The van der Waals surface area contributed by atoms with Gasteiger partial charge >= 0.3 is 0 Å². The van der Waals surface area contributed by atoms with Gasteiger partial charge in [-0.05, 0) is 57.8 Å². The molecule has 1 amide bonds. The molecule has 0 radical (unpaired) electrons. The molecule has 0 aromatic heterocycles. The topological polar surface area (TPSA) is 53.6 Å². The van der Waals surface area contributed by atoms with Crippen molar-refractivity contribution in [3.63, 3.8) is 0 Å². The van der Waals surface area contributed by atoms with Crippen LogP contribution in [0.5, 0.6) is 0 Å². The first-order valence-corrected chi connectivity index (χ1v) is 8.36. The van der Waals surface area contributed by atoms with Gasteiger partial charge in [0.15, 0.2) is 0 Å². The lowest BCUT2D eigenvalue weighted by molar-refractivity contribution is -0.136. The van der Waals surface area contributed by atoms with Gasteiger partial charge in [-0.1, -0.05) is 6.92 Å². The maximum absolute atomic E-state index is 12.6. The van der Waals surface area contributed by atoms with E-state index in [1.54, 1.807) is 7.11 Å². The molecule has 0 aromatic rings. The number of rotatable bonds is 6. The zero-order valence-corrected chi connectivity index (χ0v) is 16.1. The Hall–Kier alpha value is -0.0700. The number of ether oxygens (including phenoxy) is 1. The van der Waals surface area contributed by atoms with Crippen LogP contribution in [0.3, 0.4) is 0 Å². The molecule has 138 valence electrons. The van der Waals surface area contributed by atoms with Crippen molar-refractivity contribution < 1.29 is 9.53 Å². The average Bonchev–Trinajstić information content (AvgIpc) is 2.50. The van der Waals surface area contributed by atoms with Crippen LogP contribution in [0.2, 0.25) is 0 Å². The average molecular weight is 370 g/mol. The largest absolute Gasteiger partial charge is 0.384 e. The molecule has 2 aliphatic heterocycles. The van der Waals surface area contributed by atoms with Gasteiger partial charge in [0.2, 0.25) is 5.91 Å². The fraction of sp³-hybridized carbons (Fsp3) is 0.938. The monoisotopic (exact) mass is 369 g/mol. The Labute approximate surface area is 153 Å². The Morgan fingerprint density at radius 2 is 1.87 bits per heavy atom. The number of likely N-dealkylation sites (tertiary alicyclic amines) is 1. The summed E-state index contributed by atoms with van der Waals surface area (Å²) in [5.74, 6) is 1.03. The van der Waals surface area contributed by atoms with Crippen LogP contribution in [-0.2, 0) is 9.53 Å². The molecule has 2 aliphatic rings. The number of halogens is 2. The Morgan fingerprint density at radius 3 is 2.43 bits per heavy atom. The summed E-state index contributed by atoms with van der Waals surface area (Å²) in [4.78, 5) is 15.0. The van der Waals surface area contributed by atoms with Crippen molar-refractivity contribution in [2.75, 3.05) is 53.0 Å². The van der Waals surface area contributed by atoms with E-state index in [-0.39, 0.29) is 36.1 Å². The fourth-order valence-corrected chi connectivity index (χ4v) is 3.42. The summed E-state index contributed by atoms with van der Waals surface area (Å²) in [7, 11) is 1.69. The Balaban J connectivity index is 0.00000242. The summed E-state index contributed by atoms with van der Waals surface area (Å²) in [6.45, 7) is 8.73. The first kappa shape index (κ1) is 22.9. The van der Waals surface area contributed by atoms with Gasteiger partial charge in [-0.3, -0.25) is 4.79 Å². The number of methoxy groups -OCH3 is 1. The predicted molar refractivity (Wildman–Crippen MR) is 98.8 cm³/mol. The van der Waals surface area contributed by atoms with E-state index >= 15 is 0 Å². The summed E-state index contributed by atoms with van der Waals surface area (Å²) in [5.41, 5.74) is -0.323. The molecule has 0 saturated carbocycles. The number of hydrogen-bond donors (Lipinski definition) is 2. The van der Waals surface area contributed by atoms with Crippen LogP contribution in [0.15, 0.2) is 0 Å². The SMILES string of the molecule is COCC1(C(=O)NCCN2CCC(C)CC2)CCNCC1.Cl.Cl. The molecule has 2 N–H and O–H groups in total. The molecule has 0 spiro atoms. The second-order valence-electron chi connectivity index (χ2n) is 6.74. The van der Waals surface area contributed by atoms with Crippen molar-refractivity contribution in [2.45, 2.75) is 32.6 Å². The van der Waals surface area contributed by atoms with Gasteiger partial charge in [-0.25, -0.2) is 0 Å². The third kappa shape index (κ3) is 6.75. The number of nitrogens with zero attached hydrogens (tertiary/aromatic N) is 1. The third-order valence-electron chi connectivity index (χ3n) is 5.05. The van der Waals surface area contributed by atoms with Gasteiger partial charge in [0.05, 0.1) is 12.0 Å². The lowest BCUT2D eigenvalue weighted by Gasteiger charge is -2.36. The number of piperidine rings is 2. The van der Waals surface area contributed by atoms with Gasteiger partial charge in [0.25, 0.3) is 0 Å². The molecule has 2 fully saturated rings. The van der Waals surface area contributed by atoms with E-state index in [4.69, 9.17) is 4.74 Å². The minimum atomic E-state index is -0.323. The molecule has 0 aromatic carbocycles. The smallest absolute Gasteiger partial charge is 0.228 e. The molecule has 2 saturated heterocycles. The highest BCUT2D eigenvalue weighted by Crippen LogP contribution is 2.29. The molecule has 23 heavy (non-hydrogen) atoms. The third-order valence-corrected chi connectivity index (χ3v) is 5.05. The molecule has 5 nitrogen and oxygen atoms in total. The number of nitrogens with one attached hydrogen (secondary N) is 2. The second kappa shape index (κ2) is 11.5. The van der Waals surface area contributed by atoms with E-state index in [0.717, 1.165) is 44.9 Å². The highest BCUT2D eigenvalue weighted by molar-refractivity contribution is 5.85. The predicted octanol–water partition coefficient (Wildman–Crippen LogP) is 1.69. The van der Waals surface area contributed by atoms with E-state index in [2.05, 4.69) is 22.5 Å². The molecule has 2 heterocycles. The highest BCUT2D eigenvalue weighted by Gasteiger charge is 2.39. The molecular weight excluding hydrogens is 337 g/mol. The minimum Gasteiger partial charge on any atom is -0.384 e. The van der Waals surface area contributed by atoms with Crippen LogP contribution in [0, 0.1) is 11.3 Å². The quantitative estimate of drug-likeness (QED) is 0.747. The zero-order valence-electron chi connectivity index (χ0n) is 14.4. The molecule has 2 rings (SSSR count). The molecule has 0 unspecified atom stereocenters. The van der Waals surface area contributed by atoms with Crippen molar-refractivity contribution in [3.05, 3.63) is 0 Å². The van der Waals surface area contributed by atoms with Crippen LogP contribution in [0.25, 0.3) is 0 Å². The maximum Gasteiger partial charge on any atom is 0.228 e. The van der Waals surface area contributed by atoms with E-state index in [9.17, 15) is 4.79 Å². The Kier molecular flexibility index (Phi) is 11.4. The Bertz CT molecular complexity index is 326. The number of amides is 1. The second-order valence-corrected chi connectivity index (χ2v) is 6.74. The standard InChI is InChI=1S/C16H31N3O2.2ClH/c1-14-3-10-19(11-4-14)12-9-18-15(20)16(13-21-2)5-7-17-8-6-16;;/h14,17H,3-13H2,1-2H3,(H,18,20);2*1H. The van der Waals surface area contributed by atoms with E-state index in [1.807, 2.05) is 0 Å². The van der Waals surface area contributed by atoms with Crippen molar-refractivity contribution in [1.82, 2.24) is 15.5 Å². The van der Waals surface area contributed by atoms with Crippen molar-refractivity contribution >= 4 is 30.7 Å². The van der Waals surface area contributed by atoms with Crippen LogP contribution in [0.4, 0.5) is 0 Å². The molecular formula is C16H33Cl2N3O2. The Morgan fingerprint density at radius 1 is 1.26 bits per heavy atom. The van der Waals surface area contributed by atoms with E-state index in [0.29, 0.717) is 6.61 Å². The lowest BCUT2D eigenvalue weighted by atomic mass is 9.78. The summed E-state index contributed by atoms with van der Waals surface area (Å²) in [5, 5.41) is 6.47. The zero-order chi connectivity index (χ0) is 15.1. The van der Waals surface area contributed by atoms with E-state index in [1.165, 1.54) is 25.9 Å². The first-order chi connectivity index (χ1) is 10.2. The highest BCUT2D eigenvalue weighted by atomic mass is 35.5. The van der Waals surface area contributed by atoms with Crippen LogP contribution in [0.1, 0.15) is 32.6 Å². The van der Waals surface area contributed by atoms with Gasteiger partial charge in [0.1, 0.15) is 0 Å². The van der Waals surface area contributed by atoms with Gasteiger partial charge < -0.3 is 20.3 Å². The molecule has 0 bridgehead atoms. The normalized spacial score (nSPS) is 21.8. The van der Waals surface area contributed by atoms with E-state index < -0.39 is 0 Å². The maximum atomic E-state index is 12.6. The van der Waals surface area contributed by atoms with Crippen molar-refractivity contribution in [1.29, 1.82) is 0 Å². The van der Waals surface area contributed by atoms with Crippen molar-refractivity contribution in [3.8, 4) is 0 Å². The number of hydrogen-bond acceptors (Lipinski definition) is 4. The number of carbonyl (C=O) groups is 1. The molecule has 0 aliphatic carbocycles. The first-order valence-electron chi connectivity index (χ1n) is 8.36. The minimum absolute atomic E-state index is 0. The summed E-state index contributed by atoms with van der Waals surface area (Å²) < 4.78 is 5.31. The van der Waals surface area contributed by atoms with Gasteiger partial charge in [-0.15, -0.1) is 24.8 Å². The summed E-state index contributed by atoms with van der Waals surface area (Å²) in [6.07, 6.45) is 4.31. The van der Waals surface area contributed by atoms with Gasteiger partial charge in [0, 0.05) is 20.2 Å². The summed E-state index contributed by atoms with van der Waals surface area (Å²) in [6, 6.07) is 0. The van der Waals surface area contributed by atoms with Crippen LogP contribution >= 0.6 is 24.8 Å². The summed E-state index contributed by atoms with van der Waals surface area (Å²) >= 11 is 0. The van der Waals surface area contributed by atoms with Crippen LogP contribution < -0.4 is 10.6 Å². The number of carbonyl (C=O) groups excluding carboxylic acids is 1.